The largest absolute Gasteiger partial charge is 0.367 e. The van der Waals surface area contributed by atoms with Crippen LogP contribution in [0.5, 0.6) is 0 Å². The van der Waals surface area contributed by atoms with Crippen LogP contribution in [0.25, 0.3) is 0 Å². The van der Waals surface area contributed by atoms with Crippen molar-refractivity contribution >= 4 is 15.8 Å². The second-order valence-electron chi connectivity index (χ2n) is 6.62. The van der Waals surface area contributed by atoms with Gasteiger partial charge in [-0.2, -0.15) is 4.31 Å². The highest BCUT2D eigenvalue weighted by Crippen LogP contribution is 2.22. The van der Waals surface area contributed by atoms with Gasteiger partial charge in [0, 0.05) is 43.1 Å². The van der Waals surface area contributed by atoms with E-state index in [1.54, 1.807) is 17.1 Å². The molecule has 2 aromatic heterocycles. The zero-order valence-electron chi connectivity index (χ0n) is 14.8. The third kappa shape index (κ3) is 3.98. The molecule has 1 aliphatic heterocycles. The van der Waals surface area contributed by atoms with Gasteiger partial charge in [-0.15, -0.1) is 0 Å². The number of sulfonamides is 1. The van der Waals surface area contributed by atoms with E-state index in [-0.39, 0.29) is 17.1 Å². The van der Waals surface area contributed by atoms with Crippen molar-refractivity contribution in [2.75, 3.05) is 18.4 Å². The summed E-state index contributed by atoms with van der Waals surface area (Å²) in [5.74, 6) is 0.782. The lowest BCUT2D eigenvalue weighted by Crippen LogP contribution is -2.42. The molecular weight excluding hydrogens is 340 g/mol. The van der Waals surface area contributed by atoms with Crippen LogP contribution >= 0.6 is 0 Å². The minimum absolute atomic E-state index is 0.124. The topological polar surface area (TPSA) is 93.0 Å². The summed E-state index contributed by atoms with van der Waals surface area (Å²) in [6.07, 6.45) is 6.17. The van der Waals surface area contributed by atoms with Gasteiger partial charge in [0.05, 0.1) is 6.33 Å². The second-order valence-corrected chi connectivity index (χ2v) is 8.51. The van der Waals surface area contributed by atoms with Crippen LogP contribution in [0.15, 0.2) is 29.9 Å². The summed E-state index contributed by atoms with van der Waals surface area (Å²) in [4.78, 5) is 12.4. The molecule has 1 aliphatic rings. The molecule has 0 aliphatic carbocycles. The number of aromatic nitrogens is 4. The quantitative estimate of drug-likeness (QED) is 0.870. The van der Waals surface area contributed by atoms with Crippen molar-refractivity contribution in [2.24, 2.45) is 0 Å². The van der Waals surface area contributed by atoms with Crippen molar-refractivity contribution in [1.82, 2.24) is 23.8 Å². The van der Waals surface area contributed by atoms with Crippen molar-refractivity contribution in [3.63, 3.8) is 0 Å². The maximum absolute atomic E-state index is 12.7. The number of hydrogen-bond donors (Lipinski definition) is 1. The van der Waals surface area contributed by atoms with Gasteiger partial charge in [-0.05, 0) is 33.6 Å². The highest BCUT2D eigenvalue weighted by atomic mass is 32.2. The lowest BCUT2D eigenvalue weighted by atomic mass is 10.1. The molecule has 1 N–H and O–H groups in total. The number of aryl methyl sites for hydroxylation is 1. The molecule has 136 valence electrons. The van der Waals surface area contributed by atoms with E-state index in [1.165, 1.54) is 10.6 Å². The standard InChI is InChI=1S/C16H24N6O2S/c1-12(2)21-9-16(19-11-21)25(23,24)22-6-4-14(5-7-22)20-15-8-13(3)17-10-18-15/h8-12,14H,4-7H2,1-3H3,(H,17,18,20). The normalized spacial score (nSPS) is 17.1. The molecule has 1 fully saturated rings. The highest BCUT2D eigenvalue weighted by molar-refractivity contribution is 7.89. The van der Waals surface area contributed by atoms with E-state index in [0.29, 0.717) is 13.1 Å². The zero-order valence-corrected chi connectivity index (χ0v) is 15.6. The third-order valence-corrected chi connectivity index (χ3v) is 6.17. The molecule has 9 heteroatoms. The average Bonchev–Trinajstić information content (AvgIpc) is 3.06. The summed E-state index contributed by atoms with van der Waals surface area (Å²) in [5.41, 5.74) is 0.901. The smallest absolute Gasteiger partial charge is 0.262 e. The van der Waals surface area contributed by atoms with E-state index in [4.69, 9.17) is 0 Å². The van der Waals surface area contributed by atoms with Crippen LogP contribution in [-0.2, 0) is 10.0 Å². The lowest BCUT2D eigenvalue weighted by molar-refractivity contribution is 0.328. The van der Waals surface area contributed by atoms with Crippen LogP contribution in [0.2, 0.25) is 0 Å². The van der Waals surface area contributed by atoms with Gasteiger partial charge < -0.3 is 9.88 Å². The van der Waals surface area contributed by atoms with Gasteiger partial charge in [-0.25, -0.2) is 23.4 Å². The zero-order chi connectivity index (χ0) is 18.0. The van der Waals surface area contributed by atoms with E-state index in [9.17, 15) is 8.42 Å². The van der Waals surface area contributed by atoms with Gasteiger partial charge in [-0.1, -0.05) is 0 Å². The summed E-state index contributed by atoms with van der Waals surface area (Å²) in [6.45, 7) is 6.84. The molecule has 3 heterocycles. The Bertz CT molecular complexity index is 825. The minimum Gasteiger partial charge on any atom is -0.367 e. The van der Waals surface area contributed by atoms with E-state index in [0.717, 1.165) is 24.4 Å². The fourth-order valence-corrected chi connectivity index (χ4v) is 4.24. The van der Waals surface area contributed by atoms with Crippen LogP contribution in [0, 0.1) is 6.92 Å². The Morgan fingerprint density at radius 3 is 2.52 bits per heavy atom. The van der Waals surface area contributed by atoms with Gasteiger partial charge in [-0.3, -0.25) is 0 Å². The number of piperidine rings is 1. The molecular formula is C16H24N6O2S. The van der Waals surface area contributed by atoms with E-state index < -0.39 is 10.0 Å². The first kappa shape index (κ1) is 17.8. The monoisotopic (exact) mass is 364 g/mol. The van der Waals surface area contributed by atoms with Crippen molar-refractivity contribution in [3.8, 4) is 0 Å². The molecule has 0 bridgehead atoms. The van der Waals surface area contributed by atoms with Gasteiger partial charge >= 0.3 is 0 Å². The molecule has 0 aromatic carbocycles. The molecule has 0 radical (unpaired) electrons. The first-order valence-corrected chi connectivity index (χ1v) is 9.89. The van der Waals surface area contributed by atoms with Crippen molar-refractivity contribution in [2.45, 2.75) is 50.7 Å². The van der Waals surface area contributed by atoms with Gasteiger partial charge in [0.15, 0.2) is 5.03 Å². The molecule has 8 nitrogen and oxygen atoms in total. The molecule has 0 spiro atoms. The maximum atomic E-state index is 12.7. The number of nitrogens with one attached hydrogen (secondary N) is 1. The maximum Gasteiger partial charge on any atom is 0.262 e. The average molecular weight is 364 g/mol. The molecule has 2 aromatic rings. The minimum atomic E-state index is -3.53. The van der Waals surface area contributed by atoms with E-state index in [1.807, 2.05) is 26.8 Å². The van der Waals surface area contributed by atoms with Crippen molar-refractivity contribution in [1.29, 1.82) is 0 Å². The summed E-state index contributed by atoms with van der Waals surface area (Å²) < 4.78 is 28.8. The Kier molecular flexibility index (Phi) is 5.05. The Balaban J connectivity index is 1.62. The van der Waals surface area contributed by atoms with Gasteiger partial charge in [0.25, 0.3) is 10.0 Å². The Morgan fingerprint density at radius 2 is 1.92 bits per heavy atom. The molecule has 3 rings (SSSR count). The van der Waals surface area contributed by atoms with Crippen molar-refractivity contribution < 1.29 is 8.42 Å². The molecule has 1 saturated heterocycles. The van der Waals surface area contributed by atoms with Crippen LogP contribution in [0.1, 0.15) is 38.4 Å². The van der Waals surface area contributed by atoms with Crippen LogP contribution in [0.3, 0.4) is 0 Å². The number of nitrogens with zero attached hydrogens (tertiary/aromatic N) is 5. The third-order valence-electron chi connectivity index (χ3n) is 4.39. The van der Waals surface area contributed by atoms with Gasteiger partial charge in [0.2, 0.25) is 0 Å². The van der Waals surface area contributed by atoms with E-state index >= 15 is 0 Å². The lowest BCUT2D eigenvalue weighted by Gasteiger charge is -2.31. The van der Waals surface area contributed by atoms with E-state index in [2.05, 4.69) is 20.3 Å². The van der Waals surface area contributed by atoms with Crippen LogP contribution in [-0.4, -0.2) is 51.4 Å². The summed E-state index contributed by atoms with van der Waals surface area (Å²) in [6, 6.07) is 2.28. The first-order valence-electron chi connectivity index (χ1n) is 8.45. The Labute approximate surface area is 148 Å². The summed E-state index contributed by atoms with van der Waals surface area (Å²) in [7, 11) is -3.53. The highest BCUT2D eigenvalue weighted by Gasteiger charge is 2.31. The van der Waals surface area contributed by atoms with Crippen molar-refractivity contribution in [3.05, 3.63) is 30.6 Å². The molecule has 25 heavy (non-hydrogen) atoms. The fraction of sp³-hybridized carbons (Fsp3) is 0.562. The molecule has 0 atom stereocenters. The molecule has 0 amide bonds. The predicted molar refractivity (Wildman–Crippen MR) is 94.8 cm³/mol. The number of anilines is 1. The Morgan fingerprint density at radius 1 is 1.20 bits per heavy atom. The predicted octanol–water partition coefficient (Wildman–Crippen LogP) is 1.83. The summed E-state index contributed by atoms with van der Waals surface area (Å²) in [5, 5.41) is 3.48. The summed E-state index contributed by atoms with van der Waals surface area (Å²) >= 11 is 0. The number of imidazole rings is 1. The first-order chi connectivity index (χ1) is 11.9. The van der Waals surface area contributed by atoms with Crippen LogP contribution < -0.4 is 5.32 Å². The van der Waals surface area contributed by atoms with Crippen LogP contribution in [0.4, 0.5) is 5.82 Å². The second kappa shape index (κ2) is 7.09. The molecule has 0 unspecified atom stereocenters. The SMILES string of the molecule is Cc1cc(NC2CCN(S(=O)(=O)c3cn(C(C)C)cn3)CC2)ncn1. The number of hydrogen-bond acceptors (Lipinski definition) is 6. The number of rotatable bonds is 5. The van der Waals surface area contributed by atoms with Gasteiger partial charge in [0.1, 0.15) is 12.1 Å². The fourth-order valence-electron chi connectivity index (χ4n) is 2.85. The Hall–Kier alpha value is -2.00. The molecule has 0 saturated carbocycles.